The molecule has 0 saturated heterocycles. The average Bonchev–Trinajstić information content (AvgIpc) is 3.31. The normalized spacial score (nSPS) is 11.3. The van der Waals surface area contributed by atoms with Gasteiger partial charge in [0.15, 0.2) is 5.13 Å². The molecule has 2 N–H and O–H groups in total. The molecule has 0 fully saturated rings. The van der Waals surface area contributed by atoms with Gasteiger partial charge in [-0.25, -0.2) is 13.4 Å². The molecule has 0 atom stereocenters. The van der Waals surface area contributed by atoms with Crippen LogP contribution in [0.15, 0.2) is 57.3 Å². The van der Waals surface area contributed by atoms with E-state index in [-0.39, 0.29) is 17.2 Å². The van der Waals surface area contributed by atoms with Gasteiger partial charge in [-0.3, -0.25) is 9.52 Å². The van der Waals surface area contributed by atoms with Crippen LogP contribution in [0.3, 0.4) is 0 Å². The Kier molecular flexibility index (Phi) is 5.92. The van der Waals surface area contributed by atoms with E-state index in [1.807, 2.05) is 19.1 Å². The van der Waals surface area contributed by atoms with Gasteiger partial charge in [0.2, 0.25) is 5.91 Å². The number of rotatable bonds is 8. The minimum Gasteiger partial charge on any atom is -0.466 e. The number of hydrogen-bond donors (Lipinski definition) is 2. The second-order valence-electron chi connectivity index (χ2n) is 5.74. The number of amides is 1. The fourth-order valence-corrected chi connectivity index (χ4v) is 4.16. The molecule has 7 nitrogen and oxygen atoms in total. The molecule has 0 spiro atoms. The van der Waals surface area contributed by atoms with Crippen molar-refractivity contribution in [1.29, 1.82) is 0 Å². The van der Waals surface area contributed by atoms with Crippen LogP contribution in [0, 0.1) is 0 Å². The van der Waals surface area contributed by atoms with E-state index in [2.05, 4.69) is 15.0 Å². The van der Waals surface area contributed by atoms with Gasteiger partial charge >= 0.3 is 0 Å². The zero-order valence-electron chi connectivity index (χ0n) is 14.6. The molecular weight excluding hydrogens is 386 g/mol. The van der Waals surface area contributed by atoms with Crippen molar-refractivity contribution in [2.45, 2.75) is 31.1 Å². The molecule has 9 heteroatoms. The van der Waals surface area contributed by atoms with E-state index in [9.17, 15) is 13.2 Å². The lowest BCUT2D eigenvalue weighted by molar-refractivity contribution is -0.116. The molecule has 0 aliphatic carbocycles. The largest absolute Gasteiger partial charge is 0.466 e. The van der Waals surface area contributed by atoms with E-state index >= 15 is 0 Å². The van der Waals surface area contributed by atoms with Crippen molar-refractivity contribution >= 4 is 38.1 Å². The number of aromatic nitrogens is 1. The lowest BCUT2D eigenvalue weighted by Crippen LogP contribution is -2.14. The molecule has 0 bridgehead atoms. The Labute approximate surface area is 161 Å². The number of carbonyl (C=O) groups is 1. The fraction of sp³-hybridized carbons (Fsp3) is 0.222. The van der Waals surface area contributed by atoms with Crippen molar-refractivity contribution in [2.24, 2.45) is 0 Å². The SMILES string of the molecule is CCc1ccc(CCC(=O)Nc2ccc(S(=O)(=O)Nc3nccs3)cc2)o1. The van der Waals surface area contributed by atoms with Crippen LogP contribution in [0.5, 0.6) is 0 Å². The predicted octanol–water partition coefficient (Wildman–Crippen LogP) is 3.67. The molecule has 2 heterocycles. The predicted molar refractivity (Wildman–Crippen MR) is 104 cm³/mol. The van der Waals surface area contributed by atoms with Crippen LogP contribution >= 0.6 is 11.3 Å². The first-order valence-corrected chi connectivity index (χ1v) is 10.7. The number of nitrogens with zero attached hydrogens (tertiary/aromatic N) is 1. The maximum absolute atomic E-state index is 12.3. The summed E-state index contributed by atoms with van der Waals surface area (Å²) in [6, 6.07) is 9.76. The highest BCUT2D eigenvalue weighted by molar-refractivity contribution is 7.93. The van der Waals surface area contributed by atoms with Gasteiger partial charge in [-0.1, -0.05) is 6.92 Å². The first kappa shape index (κ1) is 19.1. The third-order valence-electron chi connectivity index (χ3n) is 3.77. The summed E-state index contributed by atoms with van der Waals surface area (Å²) in [7, 11) is -3.70. The number of sulfonamides is 1. The molecule has 2 aromatic heterocycles. The van der Waals surface area contributed by atoms with E-state index < -0.39 is 10.0 Å². The molecule has 1 aromatic carbocycles. The molecular formula is C18H19N3O4S2. The van der Waals surface area contributed by atoms with Crippen molar-refractivity contribution in [2.75, 3.05) is 10.0 Å². The van der Waals surface area contributed by atoms with Crippen LogP contribution < -0.4 is 10.0 Å². The smallest absolute Gasteiger partial charge is 0.263 e. The molecule has 0 saturated carbocycles. The summed E-state index contributed by atoms with van der Waals surface area (Å²) in [6.45, 7) is 2.01. The van der Waals surface area contributed by atoms with Crippen LogP contribution in [0.25, 0.3) is 0 Å². The monoisotopic (exact) mass is 405 g/mol. The van der Waals surface area contributed by atoms with Crippen molar-refractivity contribution in [3.05, 3.63) is 59.5 Å². The van der Waals surface area contributed by atoms with Crippen molar-refractivity contribution in [3.8, 4) is 0 Å². The van der Waals surface area contributed by atoms with E-state index in [1.165, 1.54) is 29.7 Å². The standard InChI is InChI=1S/C18H19N3O4S2/c1-2-14-5-6-15(25-14)7-10-17(22)20-13-3-8-16(9-4-13)27(23,24)21-18-19-11-12-26-18/h3-6,8-9,11-12H,2,7,10H2,1H3,(H,19,21)(H,20,22). The summed E-state index contributed by atoms with van der Waals surface area (Å²) in [5.74, 6) is 1.51. The Balaban J connectivity index is 1.56. The maximum Gasteiger partial charge on any atom is 0.263 e. The number of carbonyl (C=O) groups excluding carboxylic acids is 1. The van der Waals surface area contributed by atoms with E-state index in [0.717, 1.165) is 17.9 Å². The van der Waals surface area contributed by atoms with Gasteiger partial charge in [-0.15, -0.1) is 11.3 Å². The van der Waals surface area contributed by atoms with Crippen LogP contribution in [0.1, 0.15) is 24.9 Å². The zero-order chi connectivity index (χ0) is 19.3. The molecule has 0 aliphatic heterocycles. The van der Waals surface area contributed by atoms with Gasteiger partial charge in [0.1, 0.15) is 11.5 Å². The molecule has 142 valence electrons. The lowest BCUT2D eigenvalue weighted by atomic mass is 10.2. The summed E-state index contributed by atoms with van der Waals surface area (Å²) < 4.78 is 32.5. The lowest BCUT2D eigenvalue weighted by Gasteiger charge is -2.08. The average molecular weight is 406 g/mol. The number of aryl methyl sites for hydroxylation is 2. The highest BCUT2D eigenvalue weighted by atomic mass is 32.2. The van der Waals surface area contributed by atoms with Gasteiger partial charge in [0.05, 0.1) is 4.90 Å². The summed E-state index contributed by atoms with van der Waals surface area (Å²) in [4.78, 5) is 16.1. The Bertz CT molecular complexity index is 994. The van der Waals surface area contributed by atoms with Crippen LogP contribution in [0.2, 0.25) is 0 Å². The van der Waals surface area contributed by atoms with Gasteiger partial charge in [-0.2, -0.15) is 0 Å². The van der Waals surface area contributed by atoms with E-state index in [1.54, 1.807) is 17.5 Å². The molecule has 27 heavy (non-hydrogen) atoms. The highest BCUT2D eigenvalue weighted by Gasteiger charge is 2.15. The number of furan rings is 1. The molecule has 3 rings (SSSR count). The van der Waals surface area contributed by atoms with Gasteiger partial charge in [-0.05, 0) is 36.4 Å². The number of hydrogen-bond acceptors (Lipinski definition) is 6. The molecule has 0 aliphatic rings. The van der Waals surface area contributed by atoms with Crippen molar-refractivity contribution in [3.63, 3.8) is 0 Å². The van der Waals surface area contributed by atoms with Gasteiger partial charge < -0.3 is 9.73 Å². The summed E-state index contributed by atoms with van der Waals surface area (Å²) in [5, 5.41) is 4.74. The minimum absolute atomic E-state index is 0.0957. The Morgan fingerprint density at radius 2 is 1.89 bits per heavy atom. The minimum atomic E-state index is -3.70. The molecule has 0 unspecified atom stereocenters. The number of anilines is 2. The summed E-state index contributed by atoms with van der Waals surface area (Å²) >= 11 is 1.20. The number of thiazole rings is 1. The van der Waals surface area contributed by atoms with E-state index in [0.29, 0.717) is 17.2 Å². The first-order chi connectivity index (χ1) is 13.0. The Morgan fingerprint density at radius 1 is 1.15 bits per heavy atom. The summed E-state index contributed by atoms with van der Waals surface area (Å²) in [6.07, 6.45) is 3.13. The van der Waals surface area contributed by atoms with Crippen LogP contribution in [-0.4, -0.2) is 19.3 Å². The Hall–Kier alpha value is -2.65. The fourth-order valence-electron chi connectivity index (χ4n) is 2.37. The molecule has 0 radical (unpaired) electrons. The maximum atomic E-state index is 12.3. The van der Waals surface area contributed by atoms with Crippen LogP contribution in [0.4, 0.5) is 10.8 Å². The third kappa shape index (κ3) is 5.18. The quantitative estimate of drug-likeness (QED) is 0.595. The van der Waals surface area contributed by atoms with Crippen LogP contribution in [-0.2, 0) is 27.7 Å². The number of benzene rings is 1. The first-order valence-electron chi connectivity index (χ1n) is 8.36. The molecule has 3 aromatic rings. The second-order valence-corrected chi connectivity index (χ2v) is 8.31. The van der Waals surface area contributed by atoms with Gasteiger partial charge in [0, 0.05) is 36.5 Å². The zero-order valence-corrected chi connectivity index (χ0v) is 16.3. The highest BCUT2D eigenvalue weighted by Crippen LogP contribution is 2.20. The molecule has 1 amide bonds. The topological polar surface area (TPSA) is 101 Å². The van der Waals surface area contributed by atoms with Crippen molar-refractivity contribution < 1.29 is 17.6 Å². The second kappa shape index (κ2) is 8.36. The number of nitrogens with one attached hydrogen (secondary N) is 2. The Morgan fingerprint density at radius 3 is 2.52 bits per heavy atom. The van der Waals surface area contributed by atoms with E-state index in [4.69, 9.17) is 4.42 Å². The third-order valence-corrected chi connectivity index (χ3v) is 5.94. The summed E-state index contributed by atoms with van der Waals surface area (Å²) in [5.41, 5.74) is 0.530. The van der Waals surface area contributed by atoms with Gasteiger partial charge in [0.25, 0.3) is 10.0 Å². The van der Waals surface area contributed by atoms with Crippen molar-refractivity contribution in [1.82, 2.24) is 4.98 Å².